The molecule has 1 saturated carbocycles. The normalized spacial score (nSPS) is 25.2. The average Bonchev–Trinajstić information content (AvgIpc) is 3.43. The summed E-state index contributed by atoms with van der Waals surface area (Å²) in [6.07, 6.45) is 6.61. The zero-order chi connectivity index (χ0) is 20.1. The highest BCUT2D eigenvalue weighted by atomic mass is 35.5. The van der Waals surface area contributed by atoms with Gasteiger partial charge in [-0.2, -0.15) is 0 Å². The third-order valence-electron chi connectivity index (χ3n) is 6.48. The molecule has 2 heterocycles. The van der Waals surface area contributed by atoms with Crippen LogP contribution in [0.15, 0.2) is 30.3 Å². The Bertz CT molecular complexity index is 692. The molecule has 3 N–H and O–H groups in total. The van der Waals surface area contributed by atoms with Gasteiger partial charge in [-0.3, -0.25) is 14.5 Å². The maximum atomic E-state index is 12.7. The molecule has 1 aromatic rings. The highest BCUT2D eigenvalue weighted by molar-refractivity contribution is 5.85. The number of halogens is 1. The smallest absolute Gasteiger partial charge is 0.237 e. The van der Waals surface area contributed by atoms with Crippen molar-refractivity contribution in [3.8, 4) is 0 Å². The Balaban J connectivity index is 0.00000256. The Morgan fingerprint density at radius 3 is 2.60 bits per heavy atom. The highest BCUT2D eigenvalue weighted by Gasteiger charge is 2.34. The first-order valence-electron chi connectivity index (χ1n) is 11.3. The number of likely N-dealkylation sites (tertiary alicyclic amines) is 1. The Hall–Kier alpha value is -1.63. The van der Waals surface area contributed by atoms with E-state index in [0.717, 1.165) is 45.3 Å². The number of benzene rings is 1. The Morgan fingerprint density at radius 1 is 1.10 bits per heavy atom. The van der Waals surface area contributed by atoms with Gasteiger partial charge in [-0.1, -0.05) is 30.3 Å². The van der Waals surface area contributed by atoms with Crippen LogP contribution < -0.4 is 16.0 Å². The van der Waals surface area contributed by atoms with Gasteiger partial charge >= 0.3 is 0 Å². The fraction of sp³-hybridized carbons (Fsp3) is 0.652. The lowest BCUT2D eigenvalue weighted by molar-refractivity contribution is -0.124. The van der Waals surface area contributed by atoms with Crippen LogP contribution in [-0.4, -0.2) is 55.5 Å². The first-order valence-corrected chi connectivity index (χ1v) is 11.3. The molecule has 166 valence electrons. The molecule has 30 heavy (non-hydrogen) atoms. The van der Waals surface area contributed by atoms with Gasteiger partial charge in [0.05, 0.1) is 18.6 Å². The van der Waals surface area contributed by atoms with Crippen LogP contribution in [-0.2, 0) is 9.59 Å². The summed E-state index contributed by atoms with van der Waals surface area (Å²) in [4.78, 5) is 27.2. The third-order valence-corrected chi connectivity index (χ3v) is 6.48. The number of hydrogen-bond donors (Lipinski definition) is 3. The SMILES string of the molecule is Cl.O=C(CN1CCCC(CNC(=O)C2CCCN2)C1)NC(c1ccccc1)C1CC1. The fourth-order valence-electron chi connectivity index (χ4n) is 4.72. The molecule has 1 aliphatic carbocycles. The molecule has 6 nitrogen and oxygen atoms in total. The summed E-state index contributed by atoms with van der Waals surface area (Å²) in [7, 11) is 0. The molecule has 1 aromatic carbocycles. The predicted octanol–water partition coefficient (Wildman–Crippen LogP) is 2.26. The summed E-state index contributed by atoms with van der Waals surface area (Å²) < 4.78 is 0. The van der Waals surface area contributed by atoms with Crippen LogP contribution in [0.25, 0.3) is 0 Å². The van der Waals surface area contributed by atoms with Gasteiger partial charge in [0.15, 0.2) is 0 Å². The number of nitrogens with one attached hydrogen (secondary N) is 3. The standard InChI is InChI=1S/C23H34N4O2.ClH/c28-21(26-22(19-10-11-19)18-7-2-1-3-8-18)16-27-13-5-6-17(15-27)14-25-23(29)20-9-4-12-24-20;/h1-3,7-8,17,19-20,22,24H,4-6,9-16H2,(H,25,29)(H,26,28);1H. The van der Waals surface area contributed by atoms with Crippen molar-refractivity contribution in [1.29, 1.82) is 0 Å². The van der Waals surface area contributed by atoms with Crippen molar-refractivity contribution >= 4 is 24.2 Å². The van der Waals surface area contributed by atoms with E-state index in [0.29, 0.717) is 24.9 Å². The Morgan fingerprint density at radius 2 is 1.90 bits per heavy atom. The lowest BCUT2D eigenvalue weighted by Crippen LogP contribution is -2.47. The average molecular weight is 435 g/mol. The second-order valence-corrected chi connectivity index (χ2v) is 8.93. The molecule has 3 fully saturated rings. The number of amides is 2. The molecule has 0 spiro atoms. The minimum absolute atomic E-state index is 0. The molecule has 3 atom stereocenters. The molecule has 4 rings (SSSR count). The summed E-state index contributed by atoms with van der Waals surface area (Å²) in [6.45, 7) is 3.94. The van der Waals surface area contributed by atoms with Crippen molar-refractivity contribution in [3.63, 3.8) is 0 Å². The van der Waals surface area contributed by atoms with Crippen LogP contribution in [0.4, 0.5) is 0 Å². The largest absolute Gasteiger partial charge is 0.354 e. The number of rotatable bonds is 8. The number of nitrogens with zero attached hydrogens (tertiary/aromatic N) is 1. The molecular weight excluding hydrogens is 400 g/mol. The summed E-state index contributed by atoms with van der Waals surface area (Å²) in [6, 6.07) is 10.5. The van der Waals surface area contributed by atoms with Gasteiger partial charge in [-0.05, 0) is 69.0 Å². The first kappa shape index (κ1) is 23.0. The summed E-state index contributed by atoms with van der Waals surface area (Å²) in [5.41, 5.74) is 1.21. The first-order chi connectivity index (χ1) is 14.2. The third kappa shape index (κ3) is 6.43. The highest BCUT2D eigenvalue weighted by Crippen LogP contribution is 2.40. The monoisotopic (exact) mass is 434 g/mol. The molecule has 0 radical (unpaired) electrons. The van der Waals surface area contributed by atoms with E-state index >= 15 is 0 Å². The minimum Gasteiger partial charge on any atom is -0.354 e. The number of piperidine rings is 1. The van der Waals surface area contributed by atoms with E-state index in [-0.39, 0.29) is 36.3 Å². The molecule has 0 aromatic heterocycles. The van der Waals surface area contributed by atoms with Crippen LogP contribution in [0.5, 0.6) is 0 Å². The van der Waals surface area contributed by atoms with Gasteiger partial charge in [0, 0.05) is 13.1 Å². The lowest BCUT2D eigenvalue weighted by atomic mass is 9.97. The second kappa shape index (κ2) is 11.1. The van der Waals surface area contributed by atoms with Crippen LogP contribution in [0.1, 0.15) is 50.1 Å². The van der Waals surface area contributed by atoms with Gasteiger partial charge in [-0.15, -0.1) is 12.4 Å². The number of carbonyl (C=O) groups is 2. The molecule has 2 amide bonds. The van der Waals surface area contributed by atoms with Crippen molar-refractivity contribution in [2.75, 3.05) is 32.7 Å². The van der Waals surface area contributed by atoms with Crippen molar-refractivity contribution in [2.45, 2.75) is 50.6 Å². The Kier molecular flexibility index (Phi) is 8.54. The molecule has 2 aliphatic heterocycles. The molecule has 0 bridgehead atoms. The second-order valence-electron chi connectivity index (χ2n) is 8.93. The van der Waals surface area contributed by atoms with E-state index in [9.17, 15) is 9.59 Å². The van der Waals surface area contributed by atoms with Crippen LogP contribution in [0, 0.1) is 11.8 Å². The lowest BCUT2D eigenvalue weighted by Gasteiger charge is -2.33. The topological polar surface area (TPSA) is 73.5 Å². The molecular formula is C23H35ClN4O2. The van der Waals surface area contributed by atoms with Gasteiger partial charge in [0.2, 0.25) is 11.8 Å². The van der Waals surface area contributed by atoms with Crippen molar-refractivity contribution in [2.24, 2.45) is 11.8 Å². The summed E-state index contributed by atoms with van der Waals surface area (Å²) >= 11 is 0. The maximum Gasteiger partial charge on any atom is 0.237 e. The van der Waals surface area contributed by atoms with Gasteiger partial charge in [0.1, 0.15) is 0 Å². The number of carbonyl (C=O) groups excluding carboxylic acids is 2. The van der Waals surface area contributed by atoms with Crippen molar-refractivity contribution in [1.82, 2.24) is 20.9 Å². The van der Waals surface area contributed by atoms with E-state index < -0.39 is 0 Å². The van der Waals surface area contributed by atoms with E-state index in [1.54, 1.807) is 0 Å². The van der Waals surface area contributed by atoms with E-state index in [1.165, 1.54) is 18.4 Å². The van der Waals surface area contributed by atoms with Gasteiger partial charge < -0.3 is 16.0 Å². The van der Waals surface area contributed by atoms with Crippen molar-refractivity contribution in [3.05, 3.63) is 35.9 Å². The van der Waals surface area contributed by atoms with E-state index in [2.05, 4.69) is 33.0 Å². The molecule has 7 heteroatoms. The maximum absolute atomic E-state index is 12.7. The van der Waals surface area contributed by atoms with Gasteiger partial charge in [0.25, 0.3) is 0 Å². The van der Waals surface area contributed by atoms with Gasteiger partial charge in [-0.25, -0.2) is 0 Å². The van der Waals surface area contributed by atoms with E-state index in [4.69, 9.17) is 0 Å². The quantitative estimate of drug-likeness (QED) is 0.586. The van der Waals surface area contributed by atoms with Crippen LogP contribution in [0.2, 0.25) is 0 Å². The molecule has 2 saturated heterocycles. The zero-order valence-electron chi connectivity index (χ0n) is 17.6. The molecule has 3 unspecified atom stereocenters. The molecule has 3 aliphatic rings. The van der Waals surface area contributed by atoms with Crippen molar-refractivity contribution < 1.29 is 9.59 Å². The minimum atomic E-state index is -0.0159. The zero-order valence-corrected chi connectivity index (χ0v) is 18.5. The Labute approximate surface area is 186 Å². The summed E-state index contributed by atoms with van der Waals surface area (Å²) in [5, 5.41) is 9.65. The van der Waals surface area contributed by atoms with Crippen LogP contribution >= 0.6 is 12.4 Å². The predicted molar refractivity (Wildman–Crippen MR) is 120 cm³/mol. The number of hydrogen-bond acceptors (Lipinski definition) is 4. The van der Waals surface area contributed by atoms with E-state index in [1.807, 2.05) is 18.2 Å². The fourth-order valence-corrected chi connectivity index (χ4v) is 4.72. The van der Waals surface area contributed by atoms with Crippen LogP contribution in [0.3, 0.4) is 0 Å². The summed E-state index contributed by atoms with van der Waals surface area (Å²) in [5.74, 6) is 1.25.